The molecule has 3 rings (SSSR count). The molecule has 0 saturated heterocycles. The number of benzene rings is 1. The Morgan fingerprint density at radius 1 is 0.800 bits per heavy atom. The molecule has 100 valence electrons. The molecule has 0 aliphatic carbocycles. The second kappa shape index (κ2) is 5.86. The molecule has 3 aromatic rings. The van der Waals surface area contributed by atoms with Crippen molar-refractivity contribution < 1.29 is 0 Å². The minimum Gasteiger partial charge on any atom is -0.378 e. The quantitative estimate of drug-likeness (QED) is 0.668. The summed E-state index contributed by atoms with van der Waals surface area (Å²) in [5.74, 6) is 0. The van der Waals surface area contributed by atoms with Crippen LogP contribution in [0.2, 0.25) is 0 Å². The van der Waals surface area contributed by atoms with Crippen molar-refractivity contribution in [3.05, 3.63) is 59.3 Å². The Labute approximate surface area is 128 Å². The molecule has 0 N–H and O–H groups in total. The summed E-state index contributed by atoms with van der Waals surface area (Å²) in [7, 11) is 4.22. The van der Waals surface area contributed by atoms with E-state index in [2.05, 4.69) is 78.3 Å². The van der Waals surface area contributed by atoms with Gasteiger partial charge in [-0.3, -0.25) is 0 Å². The zero-order valence-electron chi connectivity index (χ0n) is 11.6. The van der Waals surface area contributed by atoms with E-state index in [0.29, 0.717) is 6.71 Å². The van der Waals surface area contributed by atoms with Crippen molar-refractivity contribution in [1.29, 1.82) is 0 Å². The summed E-state index contributed by atoms with van der Waals surface area (Å²) in [5, 5.41) is 4.32. The zero-order valence-corrected chi connectivity index (χ0v) is 13.2. The average molecular weight is 297 g/mol. The van der Waals surface area contributed by atoms with Crippen molar-refractivity contribution in [3.63, 3.8) is 0 Å². The lowest BCUT2D eigenvalue weighted by Gasteiger charge is -2.21. The largest absolute Gasteiger partial charge is 0.378 e. The number of para-hydroxylation sites is 1. The fourth-order valence-electron chi connectivity index (χ4n) is 2.50. The standard InChI is InChI=1S/C16H16BNS2/c1-18(2)14-8-4-3-7-13(14)17(15-9-5-11-19-15)16-10-6-12-20-16/h3-12H,1-2H3. The van der Waals surface area contributed by atoms with Crippen LogP contribution in [0.4, 0.5) is 5.69 Å². The van der Waals surface area contributed by atoms with Crippen molar-refractivity contribution in [2.45, 2.75) is 0 Å². The van der Waals surface area contributed by atoms with Crippen LogP contribution < -0.4 is 19.9 Å². The molecule has 0 amide bonds. The Hall–Kier alpha value is -1.52. The maximum Gasteiger partial charge on any atom is 0.268 e. The zero-order chi connectivity index (χ0) is 13.9. The molecule has 0 unspecified atom stereocenters. The van der Waals surface area contributed by atoms with Gasteiger partial charge in [-0.15, -0.1) is 0 Å². The van der Waals surface area contributed by atoms with Crippen LogP contribution in [-0.4, -0.2) is 20.8 Å². The molecule has 0 radical (unpaired) electrons. The van der Waals surface area contributed by atoms with Gasteiger partial charge in [0.1, 0.15) is 0 Å². The number of thiophene rings is 2. The number of hydrogen-bond donors (Lipinski definition) is 0. The topological polar surface area (TPSA) is 3.24 Å². The van der Waals surface area contributed by atoms with Gasteiger partial charge in [0, 0.05) is 19.8 Å². The summed E-state index contributed by atoms with van der Waals surface area (Å²) in [6.07, 6.45) is 0. The highest BCUT2D eigenvalue weighted by Gasteiger charge is 2.26. The molecule has 20 heavy (non-hydrogen) atoms. The van der Waals surface area contributed by atoms with E-state index in [0.717, 1.165) is 0 Å². The Bertz CT molecular complexity index is 625. The first kappa shape index (κ1) is 13.5. The summed E-state index contributed by atoms with van der Waals surface area (Å²) in [6.45, 7) is 0.341. The van der Waals surface area contributed by atoms with E-state index in [4.69, 9.17) is 0 Å². The molecule has 0 atom stereocenters. The van der Waals surface area contributed by atoms with Gasteiger partial charge in [0.05, 0.1) is 0 Å². The van der Waals surface area contributed by atoms with Crippen LogP contribution in [0.3, 0.4) is 0 Å². The number of rotatable bonds is 4. The third kappa shape index (κ3) is 2.54. The van der Waals surface area contributed by atoms with E-state index in [1.165, 1.54) is 20.7 Å². The Kier molecular flexibility index (Phi) is 3.94. The highest BCUT2D eigenvalue weighted by atomic mass is 32.1. The molecule has 4 heteroatoms. The van der Waals surface area contributed by atoms with Gasteiger partial charge in [-0.1, -0.05) is 42.5 Å². The number of hydrogen-bond acceptors (Lipinski definition) is 3. The van der Waals surface area contributed by atoms with Gasteiger partial charge in [0.15, 0.2) is 0 Å². The van der Waals surface area contributed by atoms with Crippen molar-refractivity contribution in [2.75, 3.05) is 19.0 Å². The van der Waals surface area contributed by atoms with Gasteiger partial charge in [-0.25, -0.2) is 0 Å². The van der Waals surface area contributed by atoms with Gasteiger partial charge in [0.25, 0.3) is 6.71 Å². The fraction of sp³-hybridized carbons (Fsp3) is 0.125. The predicted octanol–water partition coefficient (Wildman–Crippen LogP) is 2.39. The van der Waals surface area contributed by atoms with E-state index in [1.54, 1.807) is 0 Å². The Morgan fingerprint density at radius 2 is 1.40 bits per heavy atom. The summed E-state index contributed by atoms with van der Waals surface area (Å²) < 4.78 is 2.81. The third-order valence-electron chi connectivity index (χ3n) is 3.38. The SMILES string of the molecule is CN(C)c1ccccc1B(c1cccs1)c1cccs1. The predicted molar refractivity (Wildman–Crippen MR) is 94.1 cm³/mol. The van der Waals surface area contributed by atoms with Crippen LogP contribution >= 0.6 is 22.7 Å². The minimum atomic E-state index is 0.341. The monoisotopic (exact) mass is 297 g/mol. The third-order valence-corrected chi connectivity index (χ3v) is 5.26. The summed E-state index contributed by atoms with van der Waals surface area (Å²) in [4.78, 5) is 2.20. The molecule has 0 aliphatic rings. The molecule has 0 fully saturated rings. The summed E-state index contributed by atoms with van der Waals surface area (Å²) in [5.41, 5.74) is 2.67. The fourth-order valence-corrected chi connectivity index (χ4v) is 4.29. The molecule has 0 spiro atoms. The van der Waals surface area contributed by atoms with Crippen LogP contribution in [0.15, 0.2) is 59.3 Å². The van der Waals surface area contributed by atoms with Gasteiger partial charge in [-0.2, -0.15) is 22.7 Å². The lowest BCUT2D eigenvalue weighted by atomic mass is 9.42. The lowest BCUT2D eigenvalue weighted by Crippen LogP contribution is -2.51. The Morgan fingerprint density at radius 3 is 1.90 bits per heavy atom. The maximum atomic E-state index is 2.25. The molecule has 2 heterocycles. The van der Waals surface area contributed by atoms with Gasteiger partial charge in [-0.05, 0) is 31.8 Å². The highest BCUT2D eigenvalue weighted by Crippen LogP contribution is 2.11. The number of nitrogens with zero attached hydrogens (tertiary/aromatic N) is 1. The molecular formula is C16H16BNS2. The molecule has 0 aliphatic heterocycles. The second-order valence-electron chi connectivity index (χ2n) is 4.92. The first-order valence-electron chi connectivity index (χ1n) is 6.60. The normalized spacial score (nSPS) is 10.5. The first-order valence-corrected chi connectivity index (χ1v) is 8.36. The molecule has 0 bridgehead atoms. The summed E-state index contributed by atoms with van der Waals surface area (Å²) in [6, 6.07) is 17.4. The van der Waals surface area contributed by atoms with Crippen LogP contribution in [0.5, 0.6) is 0 Å². The second-order valence-corrected chi connectivity index (χ2v) is 6.88. The number of anilines is 1. The smallest absolute Gasteiger partial charge is 0.268 e. The van der Waals surface area contributed by atoms with Crippen molar-refractivity contribution in [3.8, 4) is 0 Å². The van der Waals surface area contributed by atoms with Crippen LogP contribution in [-0.2, 0) is 0 Å². The van der Waals surface area contributed by atoms with E-state index >= 15 is 0 Å². The minimum absolute atomic E-state index is 0.341. The van der Waals surface area contributed by atoms with Crippen LogP contribution in [0.25, 0.3) is 0 Å². The van der Waals surface area contributed by atoms with Crippen LogP contribution in [0.1, 0.15) is 0 Å². The van der Waals surface area contributed by atoms with E-state index in [-0.39, 0.29) is 0 Å². The van der Waals surface area contributed by atoms with E-state index in [1.807, 2.05) is 22.7 Å². The molecule has 1 aromatic carbocycles. The molecular weight excluding hydrogens is 281 g/mol. The molecule has 1 nitrogen and oxygen atoms in total. The Balaban J connectivity index is 2.16. The average Bonchev–Trinajstić information content (AvgIpc) is 3.13. The highest BCUT2D eigenvalue weighted by molar-refractivity contribution is 7.33. The molecule has 2 aromatic heterocycles. The van der Waals surface area contributed by atoms with E-state index < -0.39 is 0 Å². The van der Waals surface area contributed by atoms with E-state index in [9.17, 15) is 0 Å². The lowest BCUT2D eigenvalue weighted by molar-refractivity contribution is 1.14. The van der Waals surface area contributed by atoms with Crippen molar-refractivity contribution >= 4 is 50.1 Å². The van der Waals surface area contributed by atoms with Crippen LogP contribution in [0, 0.1) is 0 Å². The molecule has 0 saturated carbocycles. The maximum absolute atomic E-state index is 2.25. The van der Waals surface area contributed by atoms with Crippen molar-refractivity contribution in [1.82, 2.24) is 0 Å². The van der Waals surface area contributed by atoms with Gasteiger partial charge in [0.2, 0.25) is 0 Å². The van der Waals surface area contributed by atoms with Gasteiger partial charge < -0.3 is 4.90 Å². The summed E-state index contributed by atoms with van der Waals surface area (Å²) >= 11 is 3.67. The van der Waals surface area contributed by atoms with Gasteiger partial charge >= 0.3 is 0 Å². The first-order chi connectivity index (χ1) is 9.77. The van der Waals surface area contributed by atoms with Crippen molar-refractivity contribution in [2.24, 2.45) is 0 Å².